The molecule has 0 bridgehead atoms. The first kappa shape index (κ1) is 39.2. The molecule has 2 heteroatoms. The largest absolute Gasteiger partial charge is 0.466 e. The summed E-state index contributed by atoms with van der Waals surface area (Å²) in [5.74, 6) is 0.0217. The number of allylic oxidation sites excluding steroid dienone is 2. The number of rotatable bonds is 34. The smallest absolute Gasteiger partial charge is 0.305 e. The molecule has 0 heterocycles. The first-order valence-electron chi connectivity index (χ1n) is 18.6. The second kappa shape index (κ2) is 36.2. The third kappa shape index (κ3) is 35.2. The molecule has 0 saturated carbocycles. The van der Waals surface area contributed by atoms with Gasteiger partial charge in [0.05, 0.1) is 6.61 Å². The van der Waals surface area contributed by atoms with Crippen molar-refractivity contribution in [3.63, 3.8) is 0 Å². The van der Waals surface area contributed by atoms with Gasteiger partial charge >= 0.3 is 5.97 Å². The van der Waals surface area contributed by atoms with E-state index in [0.29, 0.717) is 13.0 Å². The van der Waals surface area contributed by atoms with Crippen molar-refractivity contribution in [2.45, 2.75) is 219 Å². The Bertz CT molecular complexity index is 498. The molecule has 0 rings (SSSR count). The van der Waals surface area contributed by atoms with Crippen LogP contribution in [0.25, 0.3) is 0 Å². The summed E-state index contributed by atoms with van der Waals surface area (Å²) >= 11 is 0. The predicted molar refractivity (Wildman–Crippen MR) is 179 cm³/mol. The Balaban J connectivity index is 3.17. The van der Waals surface area contributed by atoms with Crippen LogP contribution in [0.2, 0.25) is 0 Å². The predicted octanol–water partition coefficient (Wildman–Crippen LogP) is 13.6. The average Bonchev–Trinajstić information content (AvgIpc) is 2.96. The fourth-order valence-electron chi connectivity index (χ4n) is 5.60. The highest BCUT2D eigenvalue weighted by molar-refractivity contribution is 5.69. The first-order valence-corrected chi connectivity index (χ1v) is 18.6. The number of hydrogen-bond acceptors (Lipinski definition) is 2. The highest BCUT2D eigenvalue weighted by Crippen LogP contribution is 2.15. The van der Waals surface area contributed by atoms with Gasteiger partial charge in [0.2, 0.25) is 0 Å². The van der Waals surface area contributed by atoms with Crippen LogP contribution in [-0.2, 0) is 9.53 Å². The van der Waals surface area contributed by atoms with Gasteiger partial charge in [-0.25, -0.2) is 0 Å². The van der Waals surface area contributed by atoms with Crippen LogP contribution >= 0.6 is 0 Å². The van der Waals surface area contributed by atoms with E-state index >= 15 is 0 Å². The van der Waals surface area contributed by atoms with Gasteiger partial charge in [0.25, 0.3) is 0 Å². The Morgan fingerprint density at radius 1 is 0.400 bits per heavy atom. The number of hydrogen-bond donors (Lipinski definition) is 0. The van der Waals surface area contributed by atoms with Gasteiger partial charge in [-0.15, -0.1) is 0 Å². The van der Waals surface area contributed by atoms with Gasteiger partial charge in [-0.2, -0.15) is 0 Å². The lowest BCUT2D eigenvalue weighted by atomic mass is 10.0. The lowest BCUT2D eigenvalue weighted by Gasteiger charge is -2.05. The maximum Gasteiger partial charge on any atom is 0.305 e. The van der Waals surface area contributed by atoms with Crippen LogP contribution < -0.4 is 0 Å². The standard InChI is InChI=1S/C38H74O2/c1-3-5-7-9-11-13-15-17-19-20-21-22-23-24-26-28-30-32-34-36-38(39)40-37-35-33-31-29-27-25-18-16-14-12-10-8-6-4-2/h14,16H,3-13,15,17-37H2,1-2H3. The molecule has 0 unspecified atom stereocenters. The van der Waals surface area contributed by atoms with E-state index in [1.54, 1.807) is 0 Å². The highest BCUT2D eigenvalue weighted by Gasteiger charge is 2.02. The average molecular weight is 563 g/mol. The molecular weight excluding hydrogens is 488 g/mol. The monoisotopic (exact) mass is 563 g/mol. The van der Waals surface area contributed by atoms with Crippen molar-refractivity contribution < 1.29 is 9.53 Å². The summed E-state index contributed by atoms with van der Waals surface area (Å²) in [5.41, 5.74) is 0. The van der Waals surface area contributed by atoms with Gasteiger partial charge in [0, 0.05) is 6.42 Å². The van der Waals surface area contributed by atoms with Gasteiger partial charge in [0.15, 0.2) is 0 Å². The molecule has 0 aromatic rings. The molecule has 0 N–H and O–H groups in total. The van der Waals surface area contributed by atoms with Crippen LogP contribution in [0.3, 0.4) is 0 Å². The van der Waals surface area contributed by atoms with E-state index in [4.69, 9.17) is 4.74 Å². The Morgan fingerprint density at radius 2 is 0.700 bits per heavy atom. The van der Waals surface area contributed by atoms with Gasteiger partial charge in [-0.3, -0.25) is 4.79 Å². The third-order valence-electron chi connectivity index (χ3n) is 8.40. The molecule has 0 radical (unpaired) electrons. The fourth-order valence-corrected chi connectivity index (χ4v) is 5.60. The quantitative estimate of drug-likeness (QED) is 0.0443. The second-order valence-electron chi connectivity index (χ2n) is 12.6. The van der Waals surface area contributed by atoms with Crippen LogP contribution in [0.1, 0.15) is 219 Å². The normalized spacial score (nSPS) is 11.6. The zero-order valence-electron chi connectivity index (χ0n) is 27.8. The molecule has 0 saturated heterocycles. The Hall–Kier alpha value is -0.790. The SMILES string of the molecule is CCCCCCC=CCCCCCCCCOC(=O)CCCCCCCCCCCCCCCCCCCCC. The van der Waals surface area contributed by atoms with Crippen LogP contribution in [0.15, 0.2) is 12.2 Å². The minimum Gasteiger partial charge on any atom is -0.466 e. The van der Waals surface area contributed by atoms with Gasteiger partial charge in [0.1, 0.15) is 0 Å². The first-order chi connectivity index (χ1) is 19.8. The minimum absolute atomic E-state index is 0.0217. The molecule has 0 fully saturated rings. The van der Waals surface area contributed by atoms with Crippen molar-refractivity contribution in [3.8, 4) is 0 Å². The molecule has 0 spiro atoms. The van der Waals surface area contributed by atoms with Crippen LogP contribution in [0.4, 0.5) is 0 Å². The Morgan fingerprint density at radius 3 is 1.10 bits per heavy atom. The van der Waals surface area contributed by atoms with E-state index < -0.39 is 0 Å². The second-order valence-corrected chi connectivity index (χ2v) is 12.6. The number of carbonyl (C=O) groups excluding carboxylic acids is 1. The molecule has 0 aromatic heterocycles. The van der Waals surface area contributed by atoms with Crippen LogP contribution in [0.5, 0.6) is 0 Å². The van der Waals surface area contributed by atoms with E-state index in [0.717, 1.165) is 12.8 Å². The summed E-state index contributed by atoms with van der Waals surface area (Å²) in [6.45, 7) is 5.19. The summed E-state index contributed by atoms with van der Waals surface area (Å²) in [7, 11) is 0. The number of ether oxygens (including phenoxy) is 1. The zero-order valence-corrected chi connectivity index (χ0v) is 27.8. The van der Waals surface area contributed by atoms with Gasteiger partial charge < -0.3 is 4.74 Å². The van der Waals surface area contributed by atoms with E-state index in [1.807, 2.05) is 0 Å². The fraction of sp³-hybridized carbons (Fsp3) is 0.921. The van der Waals surface area contributed by atoms with Gasteiger partial charge in [-0.05, 0) is 38.5 Å². The molecule has 0 aliphatic carbocycles. The zero-order chi connectivity index (χ0) is 29.0. The van der Waals surface area contributed by atoms with E-state index in [-0.39, 0.29) is 5.97 Å². The van der Waals surface area contributed by atoms with Crippen LogP contribution in [-0.4, -0.2) is 12.6 Å². The third-order valence-corrected chi connectivity index (χ3v) is 8.40. The molecule has 0 atom stereocenters. The number of esters is 1. The molecule has 238 valence electrons. The summed E-state index contributed by atoms with van der Waals surface area (Å²) in [6, 6.07) is 0. The summed E-state index contributed by atoms with van der Waals surface area (Å²) in [4.78, 5) is 11.9. The highest BCUT2D eigenvalue weighted by atomic mass is 16.5. The molecule has 0 amide bonds. The summed E-state index contributed by atoms with van der Waals surface area (Å²) in [5, 5.41) is 0. The van der Waals surface area contributed by atoms with Crippen molar-refractivity contribution in [3.05, 3.63) is 12.2 Å². The van der Waals surface area contributed by atoms with E-state index in [1.165, 1.54) is 186 Å². The van der Waals surface area contributed by atoms with Crippen molar-refractivity contribution in [1.82, 2.24) is 0 Å². The number of carbonyl (C=O) groups is 1. The lowest BCUT2D eigenvalue weighted by Crippen LogP contribution is -2.05. The van der Waals surface area contributed by atoms with Crippen molar-refractivity contribution in [2.75, 3.05) is 6.61 Å². The molecule has 0 aliphatic rings. The number of unbranched alkanes of at least 4 members (excludes halogenated alkanes) is 28. The van der Waals surface area contributed by atoms with E-state index in [9.17, 15) is 4.79 Å². The minimum atomic E-state index is 0.0217. The molecule has 0 aromatic carbocycles. The lowest BCUT2D eigenvalue weighted by molar-refractivity contribution is -0.143. The Labute approximate surface area is 253 Å². The van der Waals surface area contributed by atoms with Crippen molar-refractivity contribution >= 4 is 5.97 Å². The molecular formula is C38H74O2. The van der Waals surface area contributed by atoms with Crippen molar-refractivity contribution in [1.29, 1.82) is 0 Å². The molecule has 40 heavy (non-hydrogen) atoms. The molecule has 0 aliphatic heterocycles. The van der Waals surface area contributed by atoms with Crippen LogP contribution in [0, 0.1) is 0 Å². The summed E-state index contributed by atoms with van der Waals surface area (Å²) in [6.07, 6.45) is 47.1. The topological polar surface area (TPSA) is 26.3 Å². The maximum atomic E-state index is 11.9. The summed E-state index contributed by atoms with van der Waals surface area (Å²) < 4.78 is 5.44. The molecule has 2 nitrogen and oxygen atoms in total. The maximum absolute atomic E-state index is 11.9. The Kier molecular flexibility index (Phi) is 35.5. The van der Waals surface area contributed by atoms with E-state index in [2.05, 4.69) is 26.0 Å². The van der Waals surface area contributed by atoms with Gasteiger partial charge in [-0.1, -0.05) is 187 Å². The van der Waals surface area contributed by atoms with Crippen molar-refractivity contribution in [2.24, 2.45) is 0 Å².